The molecule has 1 aliphatic heterocycles. The summed E-state index contributed by atoms with van der Waals surface area (Å²) in [4.78, 5) is 4.88. The van der Waals surface area contributed by atoms with Crippen LogP contribution in [0.15, 0.2) is 18.2 Å². The van der Waals surface area contributed by atoms with Crippen molar-refractivity contribution in [1.29, 1.82) is 0 Å². The minimum absolute atomic E-state index is 0.556. The zero-order valence-corrected chi connectivity index (χ0v) is 11.4. The van der Waals surface area contributed by atoms with Crippen molar-refractivity contribution < 1.29 is 0 Å². The molecule has 0 amide bonds. The first kappa shape index (κ1) is 13.0. The average Bonchev–Trinajstić information content (AvgIpc) is 2.54. The second-order valence-corrected chi connectivity index (χ2v) is 5.18. The fourth-order valence-electron chi connectivity index (χ4n) is 2.67. The molecule has 0 aromatic heterocycles. The maximum absolute atomic E-state index is 5.92. The maximum atomic E-state index is 5.92. The molecule has 0 spiro atoms. The van der Waals surface area contributed by atoms with Crippen molar-refractivity contribution in [2.75, 3.05) is 43.0 Å². The summed E-state index contributed by atoms with van der Waals surface area (Å²) < 4.78 is 0. The lowest BCUT2D eigenvalue weighted by molar-refractivity contribution is 0.328. The molecule has 1 heterocycles. The molecule has 1 fully saturated rings. The molecule has 0 saturated carbocycles. The number of nitrogens with two attached hydrogens (primary N) is 2. The van der Waals surface area contributed by atoms with Crippen LogP contribution in [0, 0.1) is 0 Å². The molecular formula is C14H24N4. The Kier molecular flexibility index (Phi) is 3.97. The maximum Gasteiger partial charge on any atom is 0.0568 e. The van der Waals surface area contributed by atoms with E-state index in [0.29, 0.717) is 17.4 Å². The molecule has 1 atom stereocenters. The van der Waals surface area contributed by atoms with Crippen LogP contribution in [0.4, 0.5) is 17.1 Å². The molecule has 0 aliphatic carbocycles. The molecular weight excluding hydrogens is 224 g/mol. The third-order valence-electron chi connectivity index (χ3n) is 3.78. The summed E-state index contributed by atoms with van der Waals surface area (Å²) in [6, 6.07) is 6.55. The number of hydrogen-bond donors (Lipinski definition) is 2. The number of likely N-dealkylation sites (N-methyl/N-ethyl adjacent to an activating group) is 1. The number of nitrogens with zero attached hydrogens (tertiary/aromatic N) is 2. The van der Waals surface area contributed by atoms with Crippen molar-refractivity contribution in [3.63, 3.8) is 0 Å². The highest BCUT2D eigenvalue weighted by Gasteiger charge is 2.22. The van der Waals surface area contributed by atoms with Crippen LogP contribution in [-0.4, -0.2) is 37.6 Å². The van der Waals surface area contributed by atoms with Gasteiger partial charge in [-0.05, 0) is 44.6 Å². The van der Waals surface area contributed by atoms with E-state index in [0.717, 1.165) is 26.1 Å². The van der Waals surface area contributed by atoms with Crippen LogP contribution in [0.2, 0.25) is 0 Å². The lowest BCUT2D eigenvalue weighted by Gasteiger charge is -2.32. The first-order chi connectivity index (χ1) is 8.61. The molecule has 18 heavy (non-hydrogen) atoms. The average molecular weight is 248 g/mol. The van der Waals surface area contributed by atoms with Crippen LogP contribution in [0.25, 0.3) is 0 Å². The van der Waals surface area contributed by atoms with Gasteiger partial charge in [-0.2, -0.15) is 0 Å². The van der Waals surface area contributed by atoms with Crippen molar-refractivity contribution >= 4 is 17.1 Å². The van der Waals surface area contributed by atoms with Gasteiger partial charge in [0.1, 0.15) is 0 Å². The lowest BCUT2D eigenvalue weighted by atomic mass is 10.1. The van der Waals surface area contributed by atoms with Gasteiger partial charge in [0.05, 0.1) is 11.4 Å². The molecule has 1 aliphatic rings. The Hall–Kier alpha value is -1.42. The molecule has 4 nitrogen and oxygen atoms in total. The predicted molar refractivity (Wildman–Crippen MR) is 78.8 cm³/mol. The minimum atomic E-state index is 0.556. The molecule has 100 valence electrons. The molecule has 1 saturated heterocycles. The Morgan fingerprint density at radius 3 is 2.67 bits per heavy atom. The molecule has 4 N–H and O–H groups in total. The summed E-state index contributed by atoms with van der Waals surface area (Å²) in [7, 11) is 2.20. The van der Waals surface area contributed by atoms with E-state index in [2.05, 4.69) is 29.8 Å². The van der Waals surface area contributed by atoms with Gasteiger partial charge in [0, 0.05) is 24.8 Å². The Morgan fingerprint density at radius 1 is 1.22 bits per heavy atom. The Balaban J connectivity index is 2.25. The Morgan fingerprint density at radius 2 is 2.00 bits per heavy atom. The Bertz CT molecular complexity index is 405. The second kappa shape index (κ2) is 5.48. The molecule has 4 heteroatoms. The third kappa shape index (κ3) is 2.70. The van der Waals surface area contributed by atoms with Gasteiger partial charge in [-0.1, -0.05) is 6.92 Å². The van der Waals surface area contributed by atoms with Crippen LogP contribution in [0.3, 0.4) is 0 Å². The third-order valence-corrected chi connectivity index (χ3v) is 3.78. The normalized spacial score (nSPS) is 21.9. The van der Waals surface area contributed by atoms with E-state index in [1.54, 1.807) is 0 Å². The summed E-state index contributed by atoms with van der Waals surface area (Å²) in [6.07, 6.45) is 2.34. The van der Waals surface area contributed by atoms with Crippen molar-refractivity contribution in [2.45, 2.75) is 25.8 Å². The van der Waals surface area contributed by atoms with Gasteiger partial charge >= 0.3 is 0 Å². The van der Waals surface area contributed by atoms with Gasteiger partial charge in [-0.25, -0.2) is 0 Å². The van der Waals surface area contributed by atoms with Gasteiger partial charge in [-0.3, -0.25) is 0 Å². The first-order valence-corrected chi connectivity index (χ1v) is 6.72. The summed E-state index contributed by atoms with van der Waals surface area (Å²) in [5.74, 6) is 0. The van der Waals surface area contributed by atoms with Crippen LogP contribution in [0.1, 0.15) is 19.8 Å². The second-order valence-electron chi connectivity index (χ2n) is 5.18. The van der Waals surface area contributed by atoms with Gasteiger partial charge in [0.15, 0.2) is 0 Å². The smallest absolute Gasteiger partial charge is 0.0568 e. The summed E-state index contributed by atoms with van der Waals surface area (Å²) in [5, 5.41) is 0. The van der Waals surface area contributed by atoms with Gasteiger partial charge in [-0.15, -0.1) is 0 Å². The SMILES string of the molecule is CCC1CN(C)CCCN1c1ccc(N)c(N)c1. The standard InChI is InChI=1S/C14H24N4/c1-3-11-10-17(2)7-4-8-18(11)12-5-6-13(15)14(16)9-12/h5-6,9,11H,3-4,7-8,10,15-16H2,1-2H3. The largest absolute Gasteiger partial charge is 0.397 e. The molecule has 0 bridgehead atoms. The molecule has 1 aromatic rings. The first-order valence-electron chi connectivity index (χ1n) is 6.72. The summed E-state index contributed by atoms with van der Waals surface area (Å²) in [6.45, 7) is 5.61. The van der Waals surface area contributed by atoms with Crippen molar-refractivity contribution in [3.8, 4) is 0 Å². The highest BCUT2D eigenvalue weighted by atomic mass is 15.2. The van der Waals surface area contributed by atoms with Crippen molar-refractivity contribution in [2.24, 2.45) is 0 Å². The molecule has 2 rings (SSSR count). The number of rotatable bonds is 2. The van der Waals surface area contributed by atoms with E-state index in [1.807, 2.05) is 12.1 Å². The highest BCUT2D eigenvalue weighted by molar-refractivity contribution is 5.70. The van der Waals surface area contributed by atoms with Gasteiger partial charge in [0.2, 0.25) is 0 Å². The number of nitrogen functional groups attached to an aromatic ring is 2. The van der Waals surface area contributed by atoms with Crippen LogP contribution < -0.4 is 16.4 Å². The van der Waals surface area contributed by atoms with Crippen LogP contribution >= 0.6 is 0 Å². The summed E-state index contributed by atoms with van der Waals surface area (Å²) in [5.41, 5.74) is 14.2. The van der Waals surface area contributed by atoms with E-state index in [1.165, 1.54) is 12.1 Å². The predicted octanol–water partition coefficient (Wildman–Crippen LogP) is 1.77. The van der Waals surface area contributed by atoms with Crippen LogP contribution in [0.5, 0.6) is 0 Å². The molecule has 1 unspecified atom stereocenters. The van der Waals surface area contributed by atoms with Crippen LogP contribution in [-0.2, 0) is 0 Å². The zero-order chi connectivity index (χ0) is 13.1. The topological polar surface area (TPSA) is 58.5 Å². The fraction of sp³-hybridized carbons (Fsp3) is 0.571. The fourth-order valence-corrected chi connectivity index (χ4v) is 2.67. The van der Waals surface area contributed by atoms with Gasteiger partial charge < -0.3 is 21.3 Å². The number of benzene rings is 1. The number of anilines is 3. The molecule has 0 radical (unpaired) electrons. The number of hydrogen-bond acceptors (Lipinski definition) is 4. The Labute approximate surface area is 110 Å². The van der Waals surface area contributed by atoms with Crippen molar-refractivity contribution in [3.05, 3.63) is 18.2 Å². The summed E-state index contributed by atoms with van der Waals surface area (Å²) >= 11 is 0. The quantitative estimate of drug-likeness (QED) is 0.783. The minimum Gasteiger partial charge on any atom is -0.397 e. The lowest BCUT2D eigenvalue weighted by Crippen LogP contribution is -2.39. The van der Waals surface area contributed by atoms with E-state index in [-0.39, 0.29) is 0 Å². The van der Waals surface area contributed by atoms with E-state index < -0.39 is 0 Å². The monoisotopic (exact) mass is 248 g/mol. The van der Waals surface area contributed by atoms with E-state index in [4.69, 9.17) is 11.5 Å². The van der Waals surface area contributed by atoms with Crippen molar-refractivity contribution in [1.82, 2.24) is 4.90 Å². The van der Waals surface area contributed by atoms with Gasteiger partial charge in [0.25, 0.3) is 0 Å². The van der Waals surface area contributed by atoms with E-state index >= 15 is 0 Å². The molecule has 1 aromatic carbocycles. The highest BCUT2D eigenvalue weighted by Crippen LogP contribution is 2.26. The van der Waals surface area contributed by atoms with E-state index in [9.17, 15) is 0 Å². The zero-order valence-electron chi connectivity index (χ0n) is 11.4.